The number of aromatic amines is 1. The van der Waals surface area contributed by atoms with Gasteiger partial charge >= 0.3 is 0 Å². The van der Waals surface area contributed by atoms with Gasteiger partial charge in [0, 0.05) is 11.9 Å². The fraction of sp³-hybridized carbons (Fsp3) is 0.600. The monoisotopic (exact) mass is 151 g/mol. The molecular weight excluding hydrogens is 134 g/mol. The van der Waals surface area contributed by atoms with Crippen LogP contribution in [-0.2, 0) is 12.8 Å². The van der Waals surface area contributed by atoms with E-state index < -0.39 is 0 Å². The summed E-state index contributed by atoms with van der Waals surface area (Å²) in [5.41, 5.74) is 4.37. The Labute approximate surface area is 68.8 Å². The predicted molar refractivity (Wildman–Crippen MR) is 48.9 cm³/mol. The molecule has 0 amide bonds. The van der Waals surface area contributed by atoms with Gasteiger partial charge in [-0.3, -0.25) is 0 Å². The number of aryl methyl sites for hydroxylation is 2. The molecule has 0 saturated carbocycles. The van der Waals surface area contributed by atoms with E-state index in [0.29, 0.717) is 0 Å². The van der Waals surface area contributed by atoms with Gasteiger partial charge in [0.2, 0.25) is 0 Å². The molecule has 0 bridgehead atoms. The van der Waals surface area contributed by atoms with Crippen LogP contribution < -0.4 is 0 Å². The van der Waals surface area contributed by atoms with Gasteiger partial charge in [-0.25, -0.2) is 0 Å². The maximum absolute atomic E-state index is 3.27. The van der Waals surface area contributed by atoms with Gasteiger partial charge in [0.1, 0.15) is 0 Å². The Bertz CT molecular complexity index is 223. The highest BCUT2D eigenvalue weighted by atomic mass is 14.7. The van der Waals surface area contributed by atoms with E-state index in [4.69, 9.17) is 0 Å². The van der Waals surface area contributed by atoms with Crippen LogP contribution in [0.1, 0.15) is 37.1 Å². The molecule has 0 aliphatic heterocycles. The lowest BCUT2D eigenvalue weighted by molar-refractivity contribution is 0.904. The van der Waals surface area contributed by atoms with Gasteiger partial charge in [-0.1, -0.05) is 20.3 Å². The van der Waals surface area contributed by atoms with Gasteiger partial charge in [-0.2, -0.15) is 0 Å². The summed E-state index contributed by atoms with van der Waals surface area (Å²) >= 11 is 0. The molecule has 0 radical (unpaired) electrons. The summed E-state index contributed by atoms with van der Waals surface area (Å²) in [5, 5.41) is 0. The van der Waals surface area contributed by atoms with Gasteiger partial charge in [-0.15, -0.1) is 0 Å². The maximum Gasteiger partial charge on any atom is 0.0150 e. The quantitative estimate of drug-likeness (QED) is 0.683. The van der Waals surface area contributed by atoms with E-state index in [1.165, 1.54) is 29.7 Å². The maximum atomic E-state index is 3.27. The Kier molecular flexibility index (Phi) is 2.75. The molecule has 0 unspecified atom stereocenters. The predicted octanol–water partition coefficient (Wildman–Crippen LogP) is 2.84. The van der Waals surface area contributed by atoms with Crippen molar-refractivity contribution in [1.29, 1.82) is 0 Å². The molecule has 1 heteroatoms. The molecule has 62 valence electrons. The average molecular weight is 151 g/mol. The first-order valence-corrected chi connectivity index (χ1v) is 4.45. The smallest absolute Gasteiger partial charge is 0.0150 e. The van der Waals surface area contributed by atoms with Crippen molar-refractivity contribution in [3.05, 3.63) is 23.0 Å². The van der Waals surface area contributed by atoms with E-state index in [2.05, 4.69) is 32.0 Å². The zero-order chi connectivity index (χ0) is 8.27. The molecule has 0 aliphatic carbocycles. The van der Waals surface area contributed by atoms with Crippen molar-refractivity contribution >= 4 is 0 Å². The lowest BCUT2D eigenvalue weighted by atomic mass is 10.1. The molecule has 1 aromatic rings. The average Bonchev–Trinajstić information content (AvgIpc) is 2.33. The minimum absolute atomic E-state index is 1.16. The number of nitrogens with one attached hydrogen (secondary N) is 1. The summed E-state index contributed by atoms with van der Waals surface area (Å²) in [5.74, 6) is 0. The second-order valence-electron chi connectivity index (χ2n) is 3.02. The molecule has 0 saturated heterocycles. The summed E-state index contributed by atoms with van der Waals surface area (Å²) < 4.78 is 0. The topological polar surface area (TPSA) is 15.8 Å². The first-order valence-electron chi connectivity index (χ1n) is 4.45. The molecule has 0 fully saturated rings. The Balaban J connectivity index is 2.86. The number of hydrogen-bond donors (Lipinski definition) is 1. The van der Waals surface area contributed by atoms with Crippen molar-refractivity contribution in [2.45, 2.75) is 40.0 Å². The fourth-order valence-corrected chi connectivity index (χ4v) is 1.60. The first-order chi connectivity index (χ1) is 5.29. The SMILES string of the molecule is CCCc1c[nH]c(C)c1CC. The zero-order valence-electron chi connectivity index (χ0n) is 7.70. The van der Waals surface area contributed by atoms with Crippen LogP contribution in [0.3, 0.4) is 0 Å². The normalized spacial score (nSPS) is 10.5. The van der Waals surface area contributed by atoms with Gasteiger partial charge in [0.15, 0.2) is 0 Å². The van der Waals surface area contributed by atoms with Crippen LogP contribution in [0.5, 0.6) is 0 Å². The highest BCUT2D eigenvalue weighted by Gasteiger charge is 2.03. The Morgan fingerprint density at radius 2 is 2.09 bits per heavy atom. The van der Waals surface area contributed by atoms with Gasteiger partial charge in [-0.05, 0) is 30.9 Å². The van der Waals surface area contributed by atoms with Crippen LogP contribution in [0.15, 0.2) is 6.20 Å². The van der Waals surface area contributed by atoms with Crippen LogP contribution in [0.4, 0.5) is 0 Å². The van der Waals surface area contributed by atoms with Crippen molar-refractivity contribution in [1.82, 2.24) is 4.98 Å². The summed E-state index contributed by atoms with van der Waals surface area (Å²) in [6, 6.07) is 0. The minimum atomic E-state index is 1.16. The standard InChI is InChI=1S/C10H17N/c1-4-6-9-7-11-8(3)10(9)5-2/h7,11H,4-6H2,1-3H3. The molecule has 0 aromatic carbocycles. The summed E-state index contributed by atoms with van der Waals surface area (Å²) in [6.45, 7) is 6.59. The molecule has 1 heterocycles. The van der Waals surface area contributed by atoms with Crippen LogP contribution in [-0.4, -0.2) is 4.98 Å². The number of hydrogen-bond acceptors (Lipinski definition) is 0. The van der Waals surface area contributed by atoms with E-state index in [-0.39, 0.29) is 0 Å². The molecule has 1 nitrogen and oxygen atoms in total. The fourth-order valence-electron chi connectivity index (χ4n) is 1.60. The highest BCUT2D eigenvalue weighted by molar-refractivity contribution is 5.30. The molecule has 1 aromatic heterocycles. The molecule has 0 aliphatic rings. The van der Waals surface area contributed by atoms with Gasteiger partial charge in [0.25, 0.3) is 0 Å². The van der Waals surface area contributed by atoms with Crippen LogP contribution in [0, 0.1) is 6.92 Å². The Morgan fingerprint density at radius 3 is 2.64 bits per heavy atom. The Morgan fingerprint density at radius 1 is 1.36 bits per heavy atom. The second-order valence-corrected chi connectivity index (χ2v) is 3.02. The molecule has 1 rings (SSSR count). The number of H-pyrrole nitrogens is 1. The highest BCUT2D eigenvalue weighted by Crippen LogP contribution is 2.15. The third-order valence-corrected chi connectivity index (χ3v) is 2.18. The first kappa shape index (κ1) is 8.38. The van der Waals surface area contributed by atoms with Crippen molar-refractivity contribution in [2.75, 3.05) is 0 Å². The minimum Gasteiger partial charge on any atom is -0.365 e. The van der Waals surface area contributed by atoms with Crippen LogP contribution in [0.25, 0.3) is 0 Å². The summed E-state index contributed by atoms with van der Waals surface area (Å²) in [6.07, 6.45) is 5.76. The van der Waals surface area contributed by atoms with Crippen LogP contribution in [0.2, 0.25) is 0 Å². The Hall–Kier alpha value is -0.720. The summed E-state index contributed by atoms with van der Waals surface area (Å²) in [4.78, 5) is 3.27. The molecule has 11 heavy (non-hydrogen) atoms. The van der Waals surface area contributed by atoms with E-state index in [1.807, 2.05) is 0 Å². The second kappa shape index (κ2) is 3.61. The molecular formula is C10H17N. The third-order valence-electron chi connectivity index (χ3n) is 2.18. The van der Waals surface area contributed by atoms with E-state index in [9.17, 15) is 0 Å². The van der Waals surface area contributed by atoms with Crippen molar-refractivity contribution in [3.63, 3.8) is 0 Å². The zero-order valence-corrected chi connectivity index (χ0v) is 7.70. The van der Waals surface area contributed by atoms with E-state index in [0.717, 1.165) is 6.42 Å². The van der Waals surface area contributed by atoms with Crippen molar-refractivity contribution in [2.24, 2.45) is 0 Å². The van der Waals surface area contributed by atoms with E-state index in [1.54, 1.807) is 0 Å². The van der Waals surface area contributed by atoms with Crippen molar-refractivity contribution < 1.29 is 0 Å². The number of aromatic nitrogens is 1. The van der Waals surface area contributed by atoms with Crippen molar-refractivity contribution in [3.8, 4) is 0 Å². The number of rotatable bonds is 3. The molecule has 1 N–H and O–H groups in total. The van der Waals surface area contributed by atoms with Gasteiger partial charge in [0.05, 0.1) is 0 Å². The van der Waals surface area contributed by atoms with Crippen LogP contribution >= 0.6 is 0 Å². The summed E-state index contributed by atoms with van der Waals surface area (Å²) in [7, 11) is 0. The van der Waals surface area contributed by atoms with E-state index >= 15 is 0 Å². The molecule has 0 spiro atoms. The third kappa shape index (κ3) is 1.65. The largest absolute Gasteiger partial charge is 0.365 e. The van der Waals surface area contributed by atoms with Gasteiger partial charge < -0.3 is 4.98 Å². The molecule has 0 atom stereocenters. The lowest BCUT2D eigenvalue weighted by Gasteiger charge is -1.99. The lowest BCUT2D eigenvalue weighted by Crippen LogP contribution is -1.88.